The molecule has 0 bridgehead atoms. The molecule has 1 aliphatic heterocycles. The van der Waals surface area contributed by atoms with E-state index in [4.69, 9.17) is 4.74 Å². The van der Waals surface area contributed by atoms with Gasteiger partial charge in [-0.15, -0.1) is 0 Å². The summed E-state index contributed by atoms with van der Waals surface area (Å²) in [5.41, 5.74) is 0. The molecule has 0 aromatic heterocycles. The molecule has 4 atom stereocenters. The van der Waals surface area contributed by atoms with Gasteiger partial charge in [-0.2, -0.15) is 0 Å². The van der Waals surface area contributed by atoms with E-state index < -0.39 is 11.0 Å². The molecule has 0 aromatic rings. The quantitative estimate of drug-likeness (QED) is 0.567. The van der Waals surface area contributed by atoms with Gasteiger partial charge in [0, 0.05) is 0 Å². The number of carbonyl (C=O) groups excluding carboxylic acids is 1. The first-order valence-electron chi connectivity index (χ1n) is 6.25. The van der Waals surface area contributed by atoms with Crippen molar-refractivity contribution in [3.63, 3.8) is 0 Å². The molecule has 0 N–H and O–H groups in total. The molecule has 2 unspecified atom stereocenters. The Morgan fingerprint density at radius 2 is 2.00 bits per heavy atom. The van der Waals surface area contributed by atoms with Crippen LogP contribution in [-0.2, 0) is 20.5 Å². The second-order valence-electron chi connectivity index (χ2n) is 5.75. The normalized spacial score (nSPS) is 34.2. The molecular formula is C12H21NO3S. The largest absolute Gasteiger partial charge is 0.465 e. The molecule has 4 nitrogen and oxygen atoms in total. The van der Waals surface area contributed by atoms with Gasteiger partial charge in [-0.3, -0.25) is 4.79 Å². The SMILES string of the molecule is CCOC(=O)[C@@H]1[C@H](C2CC2)N1S(=O)C(C)(C)C. The zero-order chi connectivity index (χ0) is 12.8. The first-order valence-corrected chi connectivity index (χ1v) is 7.35. The van der Waals surface area contributed by atoms with Crippen LogP contribution in [0.2, 0.25) is 0 Å². The van der Waals surface area contributed by atoms with E-state index in [2.05, 4.69) is 0 Å². The number of carbonyl (C=O) groups is 1. The molecule has 0 amide bonds. The minimum absolute atomic E-state index is 0.161. The van der Waals surface area contributed by atoms with Crippen LogP contribution in [0.5, 0.6) is 0 Å². The van der Waals surface area contributed by atoms with Crippen molar-refractivity contribution in [2.24, 2.45) is 5.92 Å². The second kappa shape index (κ2) is 4.35. The van der Waals surface area contributed by atoms with Crippen LogP contribution in [0, 0.1) is 5.92 Å². The van der Waals surface area contributed by atoms with Crippen molar-refractivity contribution in [2.45, 2.75) is 57.4 Å². The number of hydrogen-bond donors (Lipinski definition) is 0. The van der Waals surface area contributed by atoms with E-state index in [0.29, 0.717) is 12.5 Å². The van der Waals surface area contributed by atoms with Crippen LogP contribution in [0.4, 0.5) is 0 Å². The van der Waals surface area contributed by atoms with Crippen molar-refractivity contribution < 1.29 is 13.7 Å². The maximum Gasteiger partial charge on any atom is 0.326 e. The maximum absolute atomic E-state index is 12.3. The van der Waals surface area contributed by atoms with E-state index in [1.807, 2.05) is 25.1 Å². The summed E-state index contributed by atoms with van der Waals surface area (Å²) >= 11 is 0. The van der Waals surface area contributed by atoms with Gasteiger partial charge in [-0.05, 0) is 46.5 Å². The van der Waals surface area contributed by atoms with Crippen molar-refractivity contribution in [3.05, 3.63) is 0 Å². The monoisotopic (exact) mass is 259 g/mol. The average molecular weight is 259 g/mol. The van der Waals surface area contributed by atoms with E-state index >= 15 is 0 Å². The number of rotatable bonds is 4. The minimum Gasteiger partial charge on any atom is -0.465 e. The zero-order valence-corrected chi connectivity index (χ0v) is 11.8. The Bertz CT molecular complexity index is 346. The molecule has 0 radical (unpaired) electrons. The lowest BCUT2D eigenvalue weighted by Crippen LogP contribution is -2.30. The van der Waals surface area contributed by atoms with E-state index in [9.17, 15) is 9.00 Å². The smallest absolute Gasteiger partial charge is 0.326 e. The molecule has 1 saturated heterocycles. The molecule has 17 heavy (non-hydrogen) atoms. The Morgan fingerprint density at radius 3 is 2.41 bits per heavy atom. The fourth-order valence-corrected chi connectivity index (χ4v) is 3.64. The van der Waals surface area contributed by atoms with Gasteiger partial charge < -0.3 is 4.74 Å². The lowest BCUT2D eigenvalue weighted by atomic mass is 10.2. The van der Waals surface area contributed by atoms with Crippen molar-refractivity contribution >= 4 is 17.0 Å². The summed E-state index contributed by atoms with van der Waals surface area (Å²) in [6, 6.07) is -0.100. The van der Waals surface area contributed by atoms with Gasteiger partial charge in [0.2, 0.25) is 0 Å². The second-order valence-corrected chi connectivity index (χ2v) is 7.89. The summed E-state index contributed by atoms with van der Waals surface area (Å²) in [5, 5.41) is 0. The van der Waals surface area contributed by atoms with Gasteiger partial charge in [0.15, 0.2) is 0 Å². The highest BCUT2D eigenvalue weighted by Crippen LogP contribution is 2.49. The number of ether oxygens (including phenoxy) is 1. The molecule has 5 heteroatoms. The summed E-state index contributed by atoms with van der Waals surface area (Å²) in [4.78, 5) is 11.8. The number of esters is 1. The van der Waals surface area contributed by atoms with Gasteiger partial charge in [0.05, 0.1) is 17.4 Å². The van der Waals surface area contributed by atoms with Crippen molar-refractivity contribution in [2.75, 3.05) is 6.61 Å². The third kappa shape index (κ3) is 2.55. The van der Waals surface area contributed by atoms with Crippen LogP contribution in [0.25, 0.3) is 0 Å². The number of hydrogen-bond acceptors (Lipinski definition) is 3. The van der Waals surface area contributed by atoms with Crippen LogP contribution >= 0.6 is 0 Å². The van der Waals surface area contributed by atoms with Crippen molar-refractivity contribution in [1.82, 2.24) is 4.31 Å². The lowest BCUT2D eigenvalue weighted by Gasteiger charge is -2.18. The Labute approximate surface area is 105 Å². The third-order valence-electron chi connectivity index (χ3n) is 3.15. The zero-order valence-electron chi connectivity index (χ0n) is 10.9. The maximum atomic E-state index is 12.3. The van der Waals surface area contributed by atoms with Gasteiger partial charge in [0.1, 0.15) is 17.0 Å². The molecular weight excluding hydrogens is 238 g/mol. The van der Waals surface area contributed by atoms with Gasteiger partial charge in [-0.1, -0.05) is 0 Å². The van der Waals surface area contributed by atoms with E-state index in [1.165, 1.54) is 0 Å². The van der Waals surface area contributed by atoms with Gasteiger partial charge in [-0.25, -0.2) is 8.51 Å². The Morgan fingerprint density at radius 1 is 1.41 bits per heavy atom. The molecule has 1 saturated carbocycles. The lowest BCUT2D eigenvalue weighted by molar-refractivity contribution is -0.143. The molecule has 1 heterocycles. The van der Waals surface area contributed by atoms with E-state index in [1.54, 1.807) is 6.92 Å². The summed E-state index contributed by atoms with van der Waals surface area (Å²) in [6.45, 7) is 8.01. The summed E-state index contributed by atoms with van der Waals surface area (Å²) in [7, 11) is -1.11. The van der Waals surface area contributed by atoms with Crippen LogP contribution in [-0.4, -0.2) is 37.9 Å². The Hall–Kier alpha value is -0.420. The Balaban J connectivity index is 2.06. The topological polar surface area (TPSA) is 46.4 Å². The summed E-state index contributed by atoms with van der Waals surface area (Å²) < 4.78 is 18.9. The highest BCUT2D eigenvalue weighted by atomic mass is 32.2. The first-order chi connectivity index (χ1) is 7.88. The average Bonchev–Trinajstić information content (AvgIpc) is 3.08. The van der Waals surface area contributed by atoms with Crippen LogP contribution in [0.3, 0.4) is 0 Å². The first kappa shape index (κ1) is 13.0. The highest BCUT2D eigenvalue weighted by molar-refractivity contribution is 7.84. The fraction of sp³-hybridized carbons (Fsp3) is 0.917. The molecule has 98 valence electrons. The van der Waals surface area contributed by atoms with E-state index in [0.717, 1.165) is 12.8 Å². The van der Waals surface area contributed by atoms with Crippen LogP contribution in [0.1, 0.15) is 40.5 Å². The summed E-state index contributed by atoms with van der Waals surface area (Å²) in [6.07, 6.45) is 2.30. The molecule has 2 fully saturated rings. The van der Waals surface area contributed by atoms with Gasteiger partial charge >= 0.3 is 5.97 Å². The molecule has 1 aliphatic carbocycles. The predicted octanol–water partition coefficient (Wildman–Crippen LogP) is 1.47. The highest BCUT2D eigenvalue weighted by Gasteiger charge is 2.63. The van der Waals surface area contributed by atoms with Crippen LogP contribution in [0.15, 0.2) is 0 Å². The molecule has 2 aliphatic rings. The van der Waals surface area contributed by atoms with E-state index in [-0.39, 0.29) is 22.8 Å². The van der Waals surface area contributed by atoms with Gasteiger partial charge in [0.25, 0.3) is 0 Å². The van der Waals surface area contributed by atoms with Crippen molar-refractivity contribution in [3.8, 4) is 0 Å². The summed E-state index contributed by atoms with van der Waals surface area (Å²) in [5.74, 6) is 0.345. The van der Waals surface area contributed by atoms with Crippen molar-refractivity contribution in [1.29, 1.82) is 0 Å². The molecule has 2 rings (SSSR count). The fourth-order valence-electron chi connectivity index (χ4n) is 2.13. The standard InChI is InChI=1S/C12H21NO3S/c1-5-16-11(14)10-9(8-6-7-8)13(10)17(15)12(2,3)4/h8-10H,5-7H2,1-4H3/t9-,10-,13?,17?/m0/s1. The Kier molecular flexibility index (Phi) is 3.34. The predicted molar refractivity (Wildman–Crippen MR) is 66.7 cm³/mol. The third-order valence-corrected chi connectivity index (χ3v) is 5.05. The molecule has 0 aromatic carbocycles. The molecule has 0 spiro atoms. The minimum atomic E-state index is -1.11. The van der Waals surface area contributed by atoms with Crippen LogP contribution < -0.4 is 0 Å². The number of nitrogens with zero attached hydrogens (tertiary/aromatic N) is 1.